The molecular weight excluding hydrogens is 336 g/mol. The third kappa shape index (κ3) is 4.19. The van der Waals surface area contributed by atoms with Crippen molar-refractivity contribution in [3.8, 4) is 0 Å². The van der Waals surface area contributed by atoms with Crippen LogP contribution in [-0.4, -0.2) is 51.5 Å². The fourth-order valence-electron chi connectivity index (χ4n) is 4.06. The fraction of sp³-hybridized carbons (Fsp3) is 0.750. The van der Waals surface area contributed by atoms with Crippen molar-refractivity contribution >= 4 is 5.97 Å². The molecule has 0 saturated carbocycles. The quantitative estimate of drug-likeness (QED) is 0.521. The van der Waals surface area contributed by atoms with Gasteiger partial charge in [-0.15, -0.1) is 0 Å². The first-order valence-corrected chi connectivity index (χ1v) is 9.38. The number of rotatable bonds is 4. The predicted molar refractivity (Wildman–Crippen MR) is 97.4 cm³/mol. The highest BCUT2D eigenvalue weighted by molar-refractivity contribution is 5.80. The molecule has 9 atom stereocenters. The number of ether oxygens (including phenoxy) is 2. The van der Waals surface area contributed by atoms with Gasteiger partial charge < -0.3 is 24.8 Å². The van der Waals surface area contributed by atoms with E-state index in [0.29, 0.717) is 6.42 Å². The molecule has 2 rings (SSSR count). The molecule has 1 spiro atoms. The third-order valence-electron chi connectivity index (χ3n) is 6.11. The van der Waals surface area contributed by atoms with Crippen molar-refractivity contribution in [2.24, 2.45) is 23.7 Å². The maximum atomic E-state index is 10.8. The van der Waals surface area contributed by atoms with E-state index in [-0.39, 0.29) is 35.9 Å². The molecule has 2 aliphatic rings. The van der Waals surface area contributed by atoms with E-state index in [1.165, 1.54) is 6.08 Å². The maximum absolute atomic E-state index is 10.8. The molecule has 0 aromatic carbocycles. The van der Waals surface area contributed by atoms with Crippen LogP contribution in [0.25, 0.3) is 0 Å². The second kappa shape index (κ2) is 8.21. The van der Waals surface area contributed by atoms with Crippen LogP contribution in [0.3, 0.4) is 0 Å². The van der Waals surface area contributed by atoms with E-state index in [4.69, 9.17) is 14.6 Å². The second-order valence-corrected chi connectivity index (χ2v) is 7.93. The molecule has 148 valence electrons. The van der Waals surface area contributed by atoms with Crippen LogP contribution in [0.15, 0.2) is 24.3 Å². The zero-order valence-electron chi connectivity index (χ0n) is 16.2. The minimum atomic E-state index is -1.01. The number of hydrogen-bond acceptors (Lipinski definition) is 5. The Hall–Kier alpha value is -1.21. The van der Waals surface area contributed by atoms with Gasteiger partial charge in [0.15, 0.2) is 5.79 Å². The average Bonchev–Trinajstić information content (AvgIpc) is 2.57. The molecule has 2 saturated heterocycles. The Balaban J connectivity index is 2.21. The molecule has 2 fully saturated rings. The number of allylic oxidation sites excluding steroid dienone is 2. The number of aliphatic carboxylic acids is 1. The van der Waals surface area contributed by atoms with Gasteiger partial charge in [0.2, 0.25) is 0 Å². The summed E-state index contributed by atoms with van der Waals surface area (Å²) in [6, 6.07) is 0. The minimum absolute atomic E-state index is 0.00448. The van der Waals surface area contributed by atoms with E-state index in [1.54, 1.807) is 6.08 Å². The molecule has 26 heavy (non-hydrogen) atoms. The number of hydrogen-bond donors (Lipinski definition) is 3. The van der Waals surface area contributed by atoms with E-state index >= 15 is 0 Å². The maximum Gasteiger partial charge on any atom is 0.328 e. The lowest BCUT2D eigenvalue weighted by molar-refractivity contribution is -0.381. The van der Waals surface area contributed by atoms with Crippen molar-refractivity contribution in [1.29, 1.82) is 0 Å². The van der Waals surface area contributed by atoms with Crippen molar-refractivity contribution in [1.82, 2.24) is 0 Å². The smallest absolute Gasteiger partial charge is 0.328 e. The summed E-state index contributed by atoms with van der Waals surface area (Å²) in [5.41, 5.74) is 0. The number of carboxylic acid groups (broad SMARTS) is 1. The van der Waals surface area contributed by atoms with Crippen molar-refractivity contribution in [3.05, 3.63) is 24.3 Å². The molecule has 6 heteroatoms. The first kappa shape index (κ1) is 21.1. The third-order valence-corrected chi connectivity index (χ3v) is 6.11. The molecule has 3 N–H and O–H groups in total. The van der Waals surface area contributed by atoms with Crippen LogP contribution in [0, 0.1) is 23.7 Å². The molecule has 0 amide bonds. The van der Waals surface area contributed by atoms with Crippen LogP contribution in [0.5, 0.6) is 0 Å². The van der Waals surface area contributed by atoms with Crippen LogP contribution in [0.1, 0.15) is 41.0 Å². The zero-order valence-corrected chi connectivity index (χ0v) is 16.2. The van der Waals surface area contributed by atoms with Crippen molar-refractivity contribution < 1.29 is 29.6 Å². The van der Waals surface area contributed by atoms with Gasteiger partial charge in [-0.2, -0.15) is 0 Å². The van der Waals surface area contributed by atoms with Gasteiger partial charge in [-0.25, -0.2) is 4.79 Å². The van der Waals surface area contributed by atoms with Crippen molar-refractivity contribution in [2.75, 3.05) is 0 Å². The molecule has 0 aromatic rings. The first-order chi connectivity index (χ1) is 12.1. The van der Waals surface area contributed by atoms with Crippen LogP contribution in [0.4, 0.5) is 0 Å². The van der Waals surface area contributed by atoms with E-state index in [0.717, 1.165) is 6.08 Å². The average molecular weight is 368 g/mol. The van der Waals surface area contributed by atoms with Gasteiger partial charge in [0, 0.05) is 36.2 Å². The molecule has 0 aliphatic carbocycles. The first-order valence-electron chi connectivity index (χ1n) is 9.38. The molecule has 9 unspecified atom stereocenters. The highest BCUT2D eigenvalue weighted by Crippen LogP contribution is 2.47. The van der Waals surface area contributed by atoms with E-state index in [1.807, 2.05) is 40.7 Å². The van der Waals surface area contributed by atoms with Gasteiger partial charge in [-0.1, -0.05) is 45.9 Å². The summed E-state index contributed by atoms with van der Waals surface area (Å²) in [7, 11) is 0. The molecule has 0 radical (unpaired) electrons. The zero-order chi connectivity index (χ0) is 19.6. The summed E-state index contributed by atoms with van der Waals surface area (Å²) in [5, 5.41) is 29.9. The normalized spacial score (nSPS) is 45.4. The number of carbonyl (C=O) groups is 1. The van der Waals surface area contributed by atoms with Crippen molar-refractivity contribution in [2.45, 2.75) is 71.2 Å². The fourth-order valence-corrected chi connectivity index (χ4v) is 4.06. The van der Waals surface area contributed by atoms with Crippen LogP contribution < -0.4 is 0 Å². The summed E-state index contributed by atoms with van der Waals surface area (Å²) in [6.07, 6.45) is 4.75. The van der Waals surface area contributed by atoms with Crippen LogP contribution >= 0.6 is 0 Å². The van der Waals surface area contributed by atoms with Gasteiger partial charge in [0.25, 0.3) is 0 Å². The standard InChI is InChI=1S/C20H32O6/c1-11(8-6-7-9-17(22)23)19-13(3)18(24)14(4)20(26-19)10-16(21)12(2)15(5)25-20/h6-9,11-16,18-19,21,24H,10H2,1-5H3,(H,22,23). The molecular formula is C20H32O6. The molecule has 0 aromatic heterocycles. The van der Waals surface area contributed by atoms with Gasteiger partial charge in [0.1, 0.15) is 0 Å². The molecule has 0 bridgehead atoms. The van der Waals surface area contributed by atoms with E-state index < -0.39 is 24.0 Å². The number of aliphatic hydroxyl groups excluding tert-OH is 2. The van der Waals surface area contributed by atoms with Crippen LogP contribution in [0.2, 0.25) is 0 Å². The predicted octanol–water partition coefficient (Wildman–Crippen LogP) is 2.35. The van der Waals surface area contributed by atoms with Gasteiger partial charge in [-0.05, 0) is 6.92 Å². The van der Waals surface area contributed by atoms with Gasteiger partial charge in [0.05, 0.1) is 24.4 Å². The summed E-state index contributed by atoms with van der Waals surface area (Å²) in [6.45, 7) is 9.69. The Bertz CT molecular complexity index is 545. The monoisotopic (exact) mass is 368 g/mol. The lowest BCUT2D eigenvalue weighted by Crippen LogP contribution is -2.64. The summed E-state index contributed by atoms with van der Waals surface area (Å²) in [5.74, 6) is -2.44. The molecule has 2 aliphatic heterocycles. The summed E-state index contributed by atoms with van der Waals surface area (Å²) in [4.78, 5) is 10.5. The topological polar surface area (TPSA) is 96.2 Å². The Morgan fingerprint density at radius 2 is 1.77 bits per heavy atom. The second-order valence-electron chi connectivity index (χ2n) is 7.93. The Kier molecular flexibility index (Phi) is 6.66. The lowest BCUT2D eigenvalue weighted by Gasteiger charge is -2.56. The number of carboxylic acids is 1. The largest absolute Gasteiger partial charge is 0.478 e. The van der Waals surface area contributed by atoms with Gasteiger partial charge in [-0.3, -0.25) is 0 Å². The van der Waals surface area contributed by atoms with Gasteiger partial charge >= 0.3 is 5.97 Å². The summed E-state index contributed by atoms with van der Waals surface area (Å²) < 4.78 is 12.6. The lowest BCUT2D eigenvalue weighted by atomic mass is 9.73. The SMILES string of the molecule is CC(C=CC=CC(=O)O)C1OC2(CC(O)C(C)C(C)O2)C(C)C(O)C1C. The molecule has 2 heterocycles. The number of aliphatic hydroxyl groups is 2. The van der Waals surface area contributed by atoms with E-state index in [2.05, 4.69) is 0 Å². The molecule has 6 nitrogen and oxygen atoms in total. The highest BCUT2D eigenvalue weighted by Gasteiger charge is 2.56. The van der Waals surface area contributed by atoms with Crippen LogP contribution in [-0.2, 0) is 14.3 Å². The Morgan fingerprint density at radius 1 is 1.12 bits per heavy atom. The minimum Gasteiger partial charge on any atom is -0.478 e. The Morgan fingerprint density at radius 3 is 2.35 bits per heavy atom. The Labute approximate surface area is 155 Å². The van der Waals surface area contributed by atoms with E-state index in [9.17, 15) is 15.0 Å². The highest BCUT2D eigenvalue weighted by atomic mass is 16.7. The van der Waals surface area contributed by atoms with Crippen molar-refractivity contribution in [3.63, 3.8) is 0 Å². The summed E-state index contributed by atoms with van der Waals surface area (Å²) >= 11 is 0.